The molecule has 0 spiro atoms. The average molecular weight is 255 g/mol. The smallest absolute Gasteiger partial charge is 0.414 e. The Bertz CT molecular complexity index is 430. The standard InChI is InChI=1S/C12H17NO5/c1-12(2,3)18-11(15)13-10-8(5-6-17-10)7-9(14)16-4/h5-6H,7H2,1-4H3,(H,13,15). The highest BCUT2D eigenvalue weighted by atomic mass is 16.6. The molecular weight excluding hydrogens is 238 g/mol. The number of esters is 1. The van der Waals surface area contributed by atoms with E-state index in [-0.39, 0.29) is 12.3 Å². The number of anilines is 1. The van der Waals surface area contributed by atoms with Gasteiger partial charge in [-0.1, -0.05) is 0 Å². The van der Waals surface area contributed by atoms with Gasteiger partial charge in [-0.05, 0) is 26.8 Å². The van der Waals surface area contributed by atoms with E-state index in [2.05, 4.69) is 10.1 Å². The van der Waals surface area contributed by atoms with Gasteiger partial charge in [0.2, 0.25) is 5.88 Å². The molecule has 0 aliphatic rings. The summed E-state index contributed by atoms with van der Waals surface area (Å²) < 4.78 is 14.7. The molecule has 18 heavy (non-hydrogen) atoms. The Morgan fingerprint density at radius 2 is 2.06 bits per heavy atom. The minimum Gasteiger partial charge on any atom is -0.469 e. The highest BCUT2D eigenvalue weighted by Gasteiger charge is 2.19. The minimum absolute atomic E-state index is 0.0259. The third kappa shape index (κ3) is 4.48. The number of rotatable bonds is 3. The van der Waals surface area contributed by atoms with Crippen LogP contribution in [0.1, 0.15) is 26.3 Å². The van der Waals surface area contributed by atoms with Crippen molar-refractivity contribution >= 4 is 17.9 Å². The molecule has 1 rings (SSSR count). The second-order valence-corrected chi connectivity index (χ2v) is 4.65. The first-order valence-corrected chi connectivity index (χ1v) is 5.45. The van der Waals surface area contributed by atoms with Gasteiger partial charge in [-0.3, -0.25) is 10.1 Å². The van der Waals surface area contributed by atoms with Gasteiger partial charge < -0.3 is 13.9 Å². The van der Waals surface area contributed by atoms with Crippen LogP contribution in [0.4, 0.5) is 10.7 Å². The summed E-state index contributed by atoms with van der Waals surface area (Å²) in [6.07, 6.45) is 0.770. The van der Waals surface area contributed by atoms with E-state index in [0.717, 1.165) is 0 Å². The van der Waals surface area contributed by atoms with Crippen molar-refractivity contribution in [2.24, 2.45) is 0 Å². The molecule has 1 heterocycles. The number of nitrogens with one attached hydrogen (secondary N) is 1. The van der Waals surface area contributed by atoms with Crippen molar-refractivity contribution in [3.63, 3.8) is 0 Å². The number of furan rings is 1. The third-order valence-corrected chi connectivity index (χ3v) is 1.92. The van der Waals surface area contributed by atoms with Gasteiger partial charge in [-0.25, -0.2) is 4.79 Å². The zero-order chi connectivity index (χ0) is 13.8. The van der Waals surface area contributed by atoms with Gasteiger partial charge in [0.1, 0.15) is 5.60 Å². The SMILES string of the molecule is COC(=O)Cc1ccoc1NC(=O)OC(C)(C)C. The Morgan fingerprint density at radius 3 is 2.61 bits per heavy atom. The van der Waals surface area contributed by atoms with E-state index in [0.29, 0.717) is 5.56 Å². The number of carbonyl (C=O) groups is 2. The van der Waals surface area contributed by atoms with Gasteiger partial charge in [-0.15, -0.1) is 0 Å². The zero-order valence-electron chi connectivity index (χ0n) is 10.9. The van der Waals surface area contributed by atoms with Crippen LogP contribution in [0.2, 0.25) is 0 Å². The maximum atomic E-state index is 11.5. The Labute approximate surface area is 105 Å². The van der Waals surface area contributed by atoms with E-state index in [1.54, 1.807) is 26.8 Å². The van der Waals surface area contributed by atoms with E-state index >= 15 is 0 Å². The molecule has 1 N–H and O–H groups in total. The van der Waals surface area contributed by atoms with Gasteiger partial charge in [0.05, 0.1) is 19.8 Å². The normalized spacial score (nSPS) is 10.9. The predicted octanol–water partition coefficient (Wildman–Crippen LogP) is 2.34. The van der Waals surface area contributed by atoms with E-state index < -0.39 is 17.7 Å². The molecule has 1 aromatic rings. The van der Waals surface area contributed by atoms with Crippen molar-refractivity contribution in [2.45, 2.75) is 32.8 Å². The summed E-state index contributed by atoms with van der Waals surface area (Å²) in [4.78, 5) is 22.7. The average Bonchev–Trinajstić information content (AvgIpc) is 2.62. The molecule has 0 aromatic carbocycles. The van der Waals surface area contributed by atoms with Crippen LogP contribution < -0.4 is 5.32 Å². The molecule has 0 radical (unpaired) electrons. The first-order chi connectivity index (χ1) is 8.31. The molecule has 0 bridgehead atoms. The summed E-state index contributed by atoms with van der Waals surface area (Å²) in [5.74, 6) is -0.224. The maximum absolute atomic E-state index is 11.5. The summed E-state index contributed by atoms with van der Waals surface area (Å²) >= 11 is 0. The lowest BCUT2D eigenvalue weighted by molar-refractivity contribution is -0.139. The number of ether oxygens (including phenoxy) is 2. The van der Waals surface area contributed by atoms with Gasteiger partial charge in [0.15, 0.2) is 0 Å². The number of methoxy groups -OCH3 is 1. The van der Waals surface area contributed by atoms with Crippen molar-refractivity contribution in [2.75, 3.05) is 12.4 Å². The van der Waals surface area contributed by atoms with Crippen molar-refractivity contribution < 1.29 is 23.5 Å². The lowest BCUT2D eigenvalue weighted by Crippen LogP contribution is -2.27. The van der Waals surface area contributed by atoms with Crippen LogP contribution in [0, 0.1) is 0 Å². The molecule has 1 amide bonds. The second-order valence-electron chi connectivity index (χ2n) is 4.65. The number of hydrogen-bond donors (Lipinski definition) is 1. The molecule has 0 fully saturated rings. The molecule has 0 unspecified atom stereocenters. The van der Waals surface area contributed by atoms with Crippen molar-refractivity contribution in [3.8, 4) is 0 Å². The highest BCUT2D eigenvalue weighted by molar-refractivity contribution is 5.85. The van der Waals surface area contributed by atoms with Gasteiger partial charge in [-0.2, -0.15) is 0 Å². The molecule has 6 heteroatoms. The highest BCUT2D eigenvalue weighted by Crippen LogP contribution is 2.19. The largest absolute Gasteiger partial charge is 0.469 e. The first-order valence-electron chi connectivity index (χ1n) is 5.45. The molecule has 0 aliphatic heterocycles. The van der Waals surface area contributed by atoms with Crippen LogP contribution in [0.25, 0.3) is 0 Å². The summed E-state index contributed by atoms with van der Waals surface area (Å²) in [6.45, 7) is 5.26. The Morgan fingerprint density at radius 1 is 1.39 bits per heavy atom. The van der Waals surface area contributed by atoms with Crippen LogP contribution in [0.15, 0.2) is 16.7 Å². The van der Waals surface area contributed by atoms with Crippen molar-refractivity contribution in [3.05, 3.63) is 17.9 Å². The summed E-state index contributed by atoms with van der Waals surface area (Å²) in [5.41, 5.74) is -0.0631. The van der Waals surface area contributed by atoms with E-state index in [1.807, 2.05) is 0 Å². The topological polar surface area (TPSA) is 77.8 Å². The minimum atomic E-state index is -0.636. The van der Waals surface area contributed by atoms with Gasteiger partial charge in [0.25, 0.3) is 0 Å². The zero-order valence-corrected chi connectivity index (χ0v) is 10.9. The lowest BCUT2D eigenvalue weighted by atomic mass is 10.2. The fraction of sp³-hybridized carbons (Fsp3) is 0.500. The third-order valence-electron chi connectivity index (χ3n) is 1.92. The molecule has 6 nitrogen and oxygen atoms in total. The maximum Gasteiger partial charge on any atom is 0.414 e. The van der Waals surface area contributed by atoms with Gasteiger partial charge in [0, 0.05) is 5.56 Å². The summed E-state index contributed by atoms with van der Waals surface area (Å²) in [6, 6.07) is 1.59. The lowest BCUT2D eigenvalue weighted by Gasteiger charge is -2.19. The molecule has 0 aliphatic carbocycles. The monoisotopic (exact) mass is 255 g/mol. The Hall–Kier alpha value is -1.98. The van der Waals surface area contributed by atoms with Crippen LogP contribution in [-0.2, 0) is 20.7 Å². The van der Waals surface area contributed by atoms with E-state index in [9.17, 15) is 9.59 Å². The van der Waals surface area contributed by atoms with Crippen molar-refractivity contribution in [1.82, 2.24) is 0 Å². The van der Waals surface area contributed by atoms with Gasteiger partial charge >= 0.3 is 12.1 Å². The molecular formula is C12H17NO5. The molecule has 0 atom stereocenters. The molecule has 0 saturated heterocycles. The Balaban J connectivity index is 2.65. The van der Waals surface area contributed by atoms with E-state index in [1.165, 1.54) is 13.4 Å². The molecule has 0 saturated carbocycles. The number of amides is 1. The number of hydrogen-bond acceptors (Lipinski definition) is 5. The number of carbonyl (C=O) groups excluding carboxylic acids is 2. The van der Waals surface area contributed by atoms with Crippen LogP contribution in [0.3, 0.4) is 0 Å². The fourth-order valence-corrected chi connectivity index (χ4v) is 1.21. The van der Waals surface area contributed by atoms with Crippen LogP contribution >= 0.6 is 0 Å². The van der Waals surface area contributed by atoms with Crippen LogP contribution in [0.5, 0.6) is 0 Å². The Kier molecular flexibility index (Phi) is 4.36. The quantitative estimate of drug-likeness (QED) is 0.839. The predicted molar refractivity (Wildman–Crippen MR) is 64.3 cm³/mol. The molecule has 1 aromatic heterocycles. The van der Waals surface area contributed by atoms with E-state index in [4.69, 9.17) is 9.15 Å². The first kappa shape index (κ1) is 14.1. The fourth-order valence-electron chi connectivity index (χ4n) is 1.21. The molecule has 100 valence electrons. The van der Waals surface area contributed by atoms with Crippen LogP contribution in [-0.4, -0.2) is 24.8 Å². The second kappa shape index (κ2) is 5.57. The summed E-state index contributed by atoms with van der Waals surface area (Å²) in [5, 5.41) is 2.44. The summed E-state index contributed by atoms with van der Waals surface area (Å²) in [7, 11) is 1.30. The van der Waals surface area contributed by atoms with Crippen molar-refractivity contribution in [1.29, 1.82) is 0 Å².